The molecule has 2 rings (SSSR count). The Balaban J connectivity index is 1.91. The molecule has 5 heteroatoms. The van der Waals surface area contributed by atoms with Gasteiger partial charge in [0.15, 0.2) is 5.13 Å². The summed E-state index contributed by atoms with van der Waals surface area (Å²) in [7, 11) is 4.39. The molecule has 0 saturated carbocycles. The fraction of sp³-hybridized carbons (Fsp3) is 0.769. The van der Waals surface area contributed by atoms with Gasteiger partial charge in [0.05, 0.1) is 0 Å². The Bertz CT molecular complexity index is 358. The molecule has 0 radical (unpaired) electrons. The van der Waals surface area contributed by atoms with Crippen molar-refractivity contribution in [2.24, 2.45) is 0 Å². The van der Waals surface area contributed by atoms with E-state index in [0.717, 1.165) is 18.2 Å². The first-order chi connectivity index (χ1) is 8.70. The molecule has 102 valence electrons. The Morgan fingerprint density at radius 3 is 2.89 bits per heavy atom. The molecule has 0 amide bonds. The molecule has 0 aliphatic carbocycles. The summed E-state index contributed by atoms with van der Waals surface area (Å²) in [6.45, 7) is 6.48. The second kappa shape index (κ2) is 6.50. The molecule has 2 heterocycles. The van der Waals surface area contributed by atoms with E-state index in [4.69, 9.17) is 0 Å². The van der Waals surface area contributed by atoms with E-state index in [9.17, 15) is 0 Å². The van der Waals surface area contributed by atoms with Crippen molar-refractivity contribution >= 4 is 16.5 Å². The monoisotopic (exact) mass is 268 g/mol. The van der Waals surface area contributed by atoms with Crippen LogP contribution < -0.4 is 10.2 Å². The molecule has 0 unspecified atom stereocenters. The SMILES string of the molecule is CCNCc1cnc(N(C)C2CCN(C)CC2)s1. The lowest BCUT2D eigenvalue weighted by molar-refractivity contribution is 0.253. The van der Waals surface area contributed by atoms with Crippen LogP contribution in [0.25, 0.3) is 0 Å². The lowest BCUT2D eigenvalue weighted by Gasteiger charge is -2.34. The summed E-state index contributed by atoms with van der Waals surface area (Å²) in [5, 5.41) is 4.51. The van der Waals surface area contributed by atoms with Crippen molar-refractivity contribution in [2.45, 2.75) is 32.4 Å². The van der Waals surface area contributed by atoms with Crippen LogP contribution in [0.2, 0.25) is 0 Å². The lowest BCUT2D eigenvalue weighted by Crippen LogP contribution is -2.41. The first-order valence-corrected chi connectivity index (χ1v) is 7.59. The highest BCUT2D eigenvalue weighted by Crippen LogP contribution is 2.26. The van der Waals surface area contributed by atoms with Crippen molar-refractivity contribution in [3.63, 3.8) is 0 Å². The van der Waals surface area contributed by atoms with Crippen molar-refractivity contribution in [1.29, 1.82) is 0 Å². The van der Waals surface area contributed by atoms with Gasteiger partial charge in [-0.2, -0.15) is 0 Å². The molecule has 1 aromatic heterocycles. The Morgan fingerprint density at radius 1 is 1.50 bits per heavy atom. The van der Waals surface area contributed by atoms with Gasteiger partial charge in [-0.1, -0.05) is 6.92 Å². The summed E-state index contributed by atoms with van der Waals surface area (Å²) in [6.07, 6.45) is 4.50. The minimum absolute atomic E-state index is 0.652. The highest BCUT2D eigenvalue weighted by atomic mass is 32.1. The van der Waals surface area contributed by atoms with E-state index < -0.39 is 0 Å². The predicted molar refractivity (Wildman–Crippen MR) is 78.4 cm³/mol. The average Bonchev–Trinajstić information content (AvgIpc) is 2.85. The summed E-state index contributed by atoms with van der Waals surface area (Å²) in [5.74, 6) is 0. The highest BCUT2D eigenvalue weighted by Gasteiger charge is 2.22. The maximum absolute atomic E-state index is 4.55. The maximum atomic E-state index is 4.55. The number of piperidine rings is 1. The number of hydrogen-bond acceptors (Lipinski definition) is 5. The van der Waals surface area contributed by atoms with Crippen molar-refractivity contribution in [1.82, 2.24) is 15.2 Å². The van der Waals surface area contributed by atoms with Crippen molar-refractivity contribution in [2.75, 3.05) is 38.6 Å². The minimum atomic E-state index is 0.652. The molecule has 1 aliphatic heterocycles. The molecule has 1 aromatic rings. The number of nitrogens with zero attached hydrogens (tertiary/aromatic N) is 3. The third-order valence-electron chi connectivity index (χ3n) is 3.63. The topological polar surface area (TPSA) is 31.4 Å². The smallest absolute Gasteiger partial charge is 0.185 e. The van der Waals surface area contributed by atoms with Gasteiger partial charge < -0.3 is 15.1 Å². The zero-order valence-electron chi connectivity index (χ0n) is 11.6. The summed E-state index contributed by atoms with van der Waals surface area (Å²) in [6, 6.07) is 0.652. The zero-order valence-corrected chi connectivity index (χ0v) is 12.5. The van der Waals surface area contributed by atoms with E-state index in [2.05, 4.69) is 41.1 Å². The molecule has 0 bridgehead atoms. The maximum Gasteiger partial charge on any atom is 0.185 e. The van der Waals surface area contributed by atoms with Crippen molar-refractivity contribution in [3.05, 3.63) is 11.1 Å². The van der Waals surface area contributed by atoms with E-state index in [1.165, 1.54) is 30.8 Å². The van der Waals surface area contributed by atoms with Crippen LogP contribution in [0.4, 0.5) is 5.13 Å². The number of rotatable bonds is 5. The zero-order chi connectivity index (χ0) is 13.0. The van der Waals surface area contributed by atoms with Gasteiger partial charge in [0.2, 0.25) is 0 Å². The van der Waals surface area contributed by atoms with E-state index in [0.29, 0.717) is 6.04 Å². The molecule has 0 aromatic carbocycles. The van der Waals surface area contributed by atoms with Crippen LogP contribution in [-0.4, -0.2) is 49.7 Å². The fourth-order valence-corrected chi connectivity index (χ4v) is 3.24. The largest absolute Gasteiger partial charge is 0.348 e. The van der Waals surface area contributed by atoms with E-state index in [1.54, 1.807) is 0 Å². The number of aromatic nitrogens is 1. The predicted octanol–water partition coefficient (Wildman–Crippen LogP) is 1.78. The Kier molecular flexibility index (Phi) is 4.97. The highest BCUT2D eigenvalue weighted by molar-refractivity contribution is 7.15. The summed E-state index contributed by atoms with van der Waals surface area (Å²) >= 11 is 1.81. The summed E-state index contributed by atoms with van der Waals surface area (Å²) < 4.78 is 0. The standard InChI is InChI=1S/C13H24N4S/c1-4-14-9-12-10-15-13(18-12)17(3)11-5-7-16(2)8-6-11/h10-11,14H,4-9H2,1-3H3. The molecule has 1 N–H and O–H groups in total. The van der Waals surface area contributed by atoms with Crippen LogP contribution >= 0.6 is 11.3 Å². The van der Waals surface area contributed by atoms with E-state index in [-0.39, 0.29) is 0 Å². The number of hydrogen-bond donors (Lipinski definition) is 1. The van der Waals surface area contributed by atoms with Gasteiger partial charge in [-0.25, -0.2) is 4.98 Å². The van der Waals surface area contributed by atoms with Crippen LogP contribution in [0.15, 0.2) is 6.20 Å². The molecular formula is C13H24N4S. The van der Waals surface area contributed by atoms with Crippen LogP contribution in [0, 0.1) is 0 Å². The van der Waals surface area contributed by atoms with Gasteiger partial charge in [0, 0.05) is 30.7 Å². The van der Waals surface area contributed by atoms with Crippen LogP contribution in [0.1, 0.15) is 24.6 Å². The second-order valence-electron chi connectivity index (χ2n) is 5.03. The molecular weight excluding hydrogens is 244 g/mol. The molecule has 1 saturated heterocycles. The quantitative estimate of drug-likeness (QED) is 0.882. The Hall–Kier alpha value is -0.650. The van der Waals surface area contributed by atoms with Gasteiger partial charge in [0.25, 0.3) is 0 Å². The van der Waals surface area contributed by atoms with Crippen LogP contribution in [0.5, 0.6) is 0 Å². The summed E-state index contributed by atoms with van der Waals surface area (Å²) in [4.78, 5) is 10.7. The fourth-order valence-electron chi connectivity index (χ4n) is 2.33. The van der Waals surface area contributed by atoms with Crippen LogP contribution in [-0.2, 0) is 6.54 Å². The summed E-state index contributed by atoms with van der Waals surface area (Å²) in [5.41, 5.74) is 0. The Labute approximate surface area is 114 Å². The molecule has 0 spiro atoms. The molecule has 4 nitrogen and oxygen atoms in total. The van der Waals surface area contributed by atoms with Crippen LogP contribution in [0.3, 0.4) is 0 Å². The normalized spacial score (nSPS) is 18.2. The first-order valence-electron chi connectivity index (χ1n) is 6.77. The Morgan fingerprint density at radius 2 is 2.22 bits per heavy atom. The molecule has 1 aliphatic rings. The number of thiazole rings is 1. The van der Waals surface area contributed by atoms with Crippen molar-refractivity contribution < 1.29 is 0 Å². The average molecular weight is 268 g/mol. The van der Waals surface area contributed by atoms with Gasteiger partial charge in [-0.15, -0.1) is 11.3 Å². The van der Waals surface area contributed by atoms with E-state index in [1.807, 2.05) is 17.5 Å². The third kappa shape index (κ3) is 3.43. The molecule has 1 fully saturated rings. The first kappa shape index (κ1) is 13.8. The number of anilines is 1. The lowest BCUT2D eigenvalue weighted by atomic mass is 10.0. The van der Waals surface area contributed by atoms with Gasteiger partial charge in [-0.3, -0.25) is 0 Å². The van der Waals surface area contributed by atoms with Gasteiger partial charge in [-0.05, 0) is 39.5 Å². The second-order valence-corrected chi connectivity index (χ2v) is 6.13. The van der Waals surface area contributed by atoms with Crippen molar-refractivity contribution in [3.8, 4) is 0 Å². The molecule has 18 heavy (non-hydrogen) atoms. The van der Waals surface area contributed by atoms with Gasteiger partial charge >= 0.3 is 0 Å². The minimum Gasteiger partial charge on any atom is -0.348 e. The number of likely N-dealkylation sites (tertiary alicyclic amines) is 1. The van der Waals surface area contributed by atoms with Gasteiger partial charge in [0.1, 0.15) is 0 Å². The number of nitrogens with one attached hydrogen (secondary N) is 1. The molecule has 0 atom stereocenters. The third-order valence-corrected chi connectivity index (χ3v) is 4.72. The van der Waals surface area contributed by atoms with E-state index >= 15 is 0 Å².